The zero-order valence-electron chi connectivity index (χ0n) is 18.2. The molecule has 4 aromatic rings. The highest BCUT2D eigenvalue weighted by Gasteiger charge is 2.23. The van der Waals surface area contributed by atoms with Gasteiger partial charge in [0.15, 0.2) is 5.16 Å². The van der Waals surface area contributed by atoms with Gasteiger partial charge in [-0.05, 0) is 61.1 Å². The Labute approximate surface area is 204 Å². The fraction of sp³-hybridized carbons (Fsp3) is 0.200. The average Bonchev–Trinajstić information content (AvgIpc) is 3.22. The lowest BCUT2D eigenvalue weighted by molar-refractivity contribution is -0.118. The summed E-state index contributed by atoms with van der Waals surface area (Å²) in [7, 11) is 0. The van der Waals surface area contributed by atoms with Crippen LogP contribution in [-0.2, 0) is 17.6 Å². The number of amides is 1. The van der Waals surface area contributed by atoms with Crippen LogP contribution in [0.5, 0.6) is 5.75 Å². The van der Waals surface area contributed by atoms with Gasteiger partial charge in [0.1, 0.15) is 10.6 Å². The van der Waals surface area contributed by atoms with E-state index in [0.717, 1.165) is 41.8 Å². The molecular weight excluding hydrogens is 468 g/mol. The monoisotopic (exact) mass is 490 g/mol. The summed E-state index contributed by atoms with van der Waals surface area (Å²) in [5, 5.41) is 14.7. The Kier molecular flexibility index (Phi) is 6.46. The van der Waals surface area contributed by atoms with Gasteiger partial charge < -0.3 is 5.11 Å². The molecule has 1 aliphatic carbocycles. The smallest absolute Gasteiger partial charge is 0.267 e. The third kappa shape index (κ3) is 4.62. The number of hydrogen-bond acceptors (Lipinski definition) is 7. The fourth-order valence-corrected chi connectivity index (χ4v) is 6.14. The molecule has 1 amide bonds. The number of benzene rings is 2. The number of rotatable bonds is 6. The van der Waals surface area contributed by atoms with E-state index in [1.807, 2.05) is 30.3 Å². The zero-order valence-corrected chi connectivity index (χ0v) is 19.9. The second kappa shape index (κ2) is 9.82. The van der Waals surface area contributed by atoms with Gasteiger partial charge in [-0.15, -0.1) is 11.3 Å². The number of phenols is 1. The first kappa shape index (κ1) is 22.4. The summed E-state index contributed by atoms with van der Waals surface area (Å²) in [5.41, 5.74) is 4.94. The molecule has 9 heteroatoms. The van der Waals surface area contributed by atoms with Crippen molar-refractivity contribution in [2.24, 2.45) is 5.10 Å². The molecule has 5 rings (SSSR count). The largest absolute Gasteiger partial charge is 0.508 e. The Morgan fingerprint density at radius 3 is 2.82 bits per heavy atom. The lowest BCUT2D eigenvalue weighted by Crippen LogP contribution is -2.24. The number of hydrazone groups is 1. The number of carbonyl (C=O) groups is 1. The van der Waals surface area contributed by atoms with Gasteiger partial charge in [-0.2, -0.15) is 5.10 Å². The number of thiophene rings is 1. The van der Waals surface area contributed by atoms with Crippen molar-refractivity contribution in [1.29, 1.82) is 0 Å². The van der Waals surface area contributed by atoms with Crippen LogP contribution < -0.4 is 11.0 Å². The van der Waals surface area contributed by atoms with E-state index in [2.05, 4.69) is 10.5 Å². The minimum Gasteiger partial charge on any atom is -0.508 e. The molecule has 0 unspecified atom stereocenters. The second-order valence-corrected chi connectivity index (χ2v) is 9.96. The summed E-state index contributed by atoms with van der Waals surface area (Å²) in [4.78, 5) is 32.9. The zero-order chi connectivity index (χ0) is 23.5. The van der Waals surface area contributed by atoms with Crippen molar-refractivity contribution in [3.63, 3.8) is 0 Å². The van der Waals surface area contributed by atoms with Crippen molar-refractivity contribution in [3.05, 3.63) is 81.0 Å². The van der Waals surface area contributed by atoms with E-state index in [1.165, 1.54) is 22.9 Å². The van der Waals surface area contributed by atoms with Crippen LogP contribution >= 0.6 is 23.1 Å². The Balaban J connectivity index is 1.42. The number of thioether (sulfide) groups is 1. The Morgan fingerprint density at radius 2 is 2.00 bits per heavy atom. The molecule has 1 aliphatic rings. The number of aromatic hydroxyl groups is 1. The number of aryl methyl sites for hydroxylation is 2. The van der Waals surface area contributed by atoms with Crippen LogP contribution in [0, 0.1) is 0 Å². The van der Waals surface area contributed by atoms with E-state index in [0.29, 0.717) is 16.1 Å². The fourth-order valence-electron chi connectivity index (χ4n) is 4.03. The molecule has 0 spiro atoms. The van der Waals surface area contributed by atoms with E-state index >= 15 is 0 Å². The Bertz CT molecular complexity index is 1440. The van der Waals surface area contributed by atoms with Crippen LogP contribution in [0.15, 0.2) is 69.6 Å². The number of carbonyl (C=O) groups excluding carboxylic acids is 1. The number of nitrogens with one attached hydrogen (secondary N) is 1. The standard InChI is InChI=1S/C25H22N4O3S2/c30-18-10-6-7-16(13-18)14-26-28-21(31)15-33-25-27-23-22(19-11-4-5-12-20(19)34-23)24(32)29(25)17-8-2-1-3-9-17/h1-3,6-10,13-14,30H,4-5,11-12,15H2,(H,28,31)/b26-14+. The molecule has 2 heterocycles. The van der Waals surface area contributed by atoms with Crippen LogP contribution in [0.1, 0.15) is 28.8 Å². The normalized spacial score (nSPS) is 13.3. The molecule has 7 nitrogen and oxygen atoms in total. The molecule has 0 radical (unpaired) electrons. The molecule has 2 N–H and O–H groups in total. The predicted molar refractivity (Wildman–Crippen MR) is 136 cm³/mol. The molecule has 0 bridgehead atoms. The molecule has 0 atom stereocenters. The van der Waals surface area contributed by atoms with Gasteiger partial charge in [0, 0.05) is 4.88 Å². The quantitative estimate of drug-likeness (QED) is 0.182. The number of hydrogen-bond donors (Lipinski definition) is 2. The minimum atomic E-state index is -0.319. The molecule has 0 saturated heterocycles. The highest BCUT2D eigenvalue weighted by molar-refractivity contribution is 7.99. The van der Waals surface area contributed by atoms with Crippen LogP contribution in [0.25, 0.3) is 15.9 Å². The molecular formula is C25H22N4O3S2. The average molecular weight is 491 g/mol. The van der Waals surface area contributed by atoms with E-state index in [9.17, 15) is 14.7 Å². The van der Waals surface area contributed by atoms with Gasteiger partial charge in [0.2, 0.25) is 0 Å². The lowest BCUT2D eigenvalue weighted by Gasteiger charge is -2.13. The number of phenolic OH excluding ortho intramolecular Hbond substituents is 1. The van der Waals surface area contributed by atoms with Gasteiger partial charge in [-0.3, -0.25) is 14.2 Å². The van der Waals surface area contributed by atoms with Crippen molar-refractivity contribution in [2.45, 2.75) is 30.8 Å². The molecule has 172 valence electrons. The van der Waals surface area contributed by atoms with Gasteiger partial charge in [0.05, 0.1) is 23.0 Å². The maximum absolute atomic E-state index is 13.7. The van der Waals surface area contributed by atoms with Crippen molar-refractivity contribution in [1.82, 2.24) is 15.0 Å². The van der Waals surface area contributed by atoms with E-state index in [-0.39, 0.29) is 23.0 Å². The maximum Gasteiger partial charge on any atom is 0.267 e. The molecule has 0 saturated carbocycles. The highest BCUT2D eigenvalue weighted by atomic mass is 32.2. The first-order chi connectivity index (χ1) is 16.6. The molecule has 2 aromatic heterocycles. The van der Waals surface area contributed by atoms with Crippen molar-refractivity contribution < 1.29 is 9.90 Å². The molecule has 0 aliphatic heterocycles. The summed E-state index contributed by atoms with van der Waals surface area (Å²) in [6.45, 7) is 0. The molecule has 34 heavy (non-hydrogen) atoms. The Morgan fingerprint density at radius 1 is 1.18 bits per heavy atom. The predicted octanol–water partition coefficient (Wildman–Crippen LogP) is 4.27. The molecule has 0 fully saturated rings. The van der Waals surface area contributed by atoms with Gasteiger partial charge >= 0.3 is 0 Å². The summed E-state index contributed by atoms with van der Waals surface area (Å²) >= 11 is 2.80. The third-order valence-electron chi connectivity index (χ3n) is 5.58. The van der Waals surface area contributed by atoms with Crippen LogP contribution in [0.3, 0.4) is 0 Å². The lowest BCUT2D eigenvalue weighted by atomic mass is 9.97. The van der Waals surface area contributed by atoms with Crippen molar-refractivity contribution >= 4 is 45.4 Å². The van der Waals surface area contributed by atoms with E-state index in [1.54, 1.807) is 40.2 Å². The van der Waals surface area contributed by atoms with Crippen molar-refractivity contribution in [3.8, 4) is 11.4 Å². The van der Waals surface area contributed by atoms with Crippen LogP contribution in [-0.4, -0.2) is 32.5 Å². The molecule has 2 aromatic carbocycles. The van der Waals surface area contributed by atoms with Crippen molar-refractivity contribution in [2.75, 3.05) is 5.75 Å². The SMILES string of the molecule is O=C(CSc1nc2sc3c(c2c(=O)n1-c1ccccc1)CCCC3)N/N=C/c1cccc(O)c1. The maximum atomic E-state index is 13.7. The van der Waals surface area contributed by atoms with Crippen LogP contribution in [0.4, 0.5) is 0 Å². The first-order valence-electron chi connectivity index (χ1n) is 11.0. The van der Waals surface area contributed by atoms with Crippen LogP contribution in [0.2, 0.25) is 0 Å². The Hall–Kier alpha value is -3.43. The minimum absolute atomic E-state index is 0.0489. The van der Waals surface area contributed by atoms with Gasteiger partial charge in [-0.1, -0.05) is 42.1 Å². The second-order valence-electron chi connectivity index (χ2n) is 7.94. The van der Waals surface area contributed by atoms with Gasteiger partial charge in [0.25, 0.3) is 11.5 Å². The summed E-state index contributed by atoms with van der Waals surface area (Å²) < 4.78 is 1.61. The van der Waals surface area contributed by atoms with Gasteiger partial charge in [-0.25, -0.2) is 10.4 Å². The highest BCUT2D eigenvalue weighted by Crippen LogP contribution is 2.35. The first-order valence-corrected chi connectivity index (χ1v) is 12.8. The summed E-state index contributed by atoms with van der Waals surface area (Å²) in [5.74, 6) is -0.143. The number of aromatic nitrogens is 2. The third-order valence-corrected chi connectivity index (χ3v) is 7.70. The summed E-state index contributed by atoms with van der Waals surface area (Å²) in [6, 6.07) is 16.0. The number of para-hydroxylation sites is 1. The van der Waals surface area contributed by atoms with E-state index < -0.39 is 0 Å². The van der Waals surface area contributed by atoms with E-state index in [4.69, 9.17) is 4.98 Å². The number of fused-ring (bicyclic) bond motifs is 3. The number of nitrogens with zero attached hydrogens (tertiary/aromatic N) is 3. The summed E-state index contributed by atoms with van der Waals surface area (Å²) in [6.07, 6.45) is 5.58. The topological polar surface area (TPSA) is 96.6 Å².